The number of alkyl halides is 3. The van der Waals surface area contributed by atoms with Crippen LogP contribution in [0.15, 0.2) is 79.5 Å². The van der Waals surface area contributed by atoms with E-state index in [1.54, 1.807) is 35.1 Å². The zero-order valence-corrected chi connectivity index (χ0v) is 19.2. The van der Waals surface area contributed by atoms with Crippen molar-refractivity contribution in [2.24, 2.45) is 0 Å². The molecule has 2 aromatic carbocycles. The summed E-state index contributed by atoms with van der Waals surface area (Å²) in [6, 6.07) is 11.9. The number of nitrogens with zero attached hydrogens (tertiary/aromatic N) is 5. The van der Waals surface area contributed by atoms with Crippen molar-refractivity contribution in [3.05, 3.63) is 90.6 Å². The number of benzene rings is 2. The third kappa shape index (κ3) is 5.32. The van der Waals surface area contributed by atoms with E-state index in [1.807, 2.05) is 18.3 Å². The predicted molar refractivity (Wildman–Crippen MR) is 129 cm³/mol. The number of ether oxygens (including phenoxy) is 1. The highest BCUT2D eigenvalue weighted by molar-refractivity contribution is 5.99. The number of anilines is 2. The lowest BCUT2D eigenvalue weighted by atomic mass is 10.1. The van der Waals surface area contributed by atoms with Gasteiger partial charge in [-0.25, -0.2) is 24.3 Å². The summed E-state index contributed by atoms with van der Waals surface area (Å²) in [4.78, 5) is 24.7. The highest BCUT2D eigenvalue weighted by Crippen LogP contribution is 2.33. The Balaban J connectivity index is 1.20. The van der Waals surface area contributed by atoms with Gasteiger partial charge in [0, 0.05) is 23.6 Å². The monoisotopic (exact) mass is 505 g/mol. The molecule has 0 aliphatic rings. The van der Waals surface area contributed by atoms with Crippen molar-refractivity contribution in [2.45, 2.75) is 13.1 Å². The molecule has 37 heavy (non-hydrogen) atoms. The Morgan fingerprint density at radius 2 is 1.68 bits per heavy atom. The molecule has 0 fully saturated rings. The average Bonchev–Trinajstić information content (AvgIpc) is 3.30. The Hall–Kier alpha value is -5.00. The number of hydrogen-bond acceptors (Lipinski definition) is 6. The molecule has 3 heterocycles. The van der Waals surface area contributed by atoms with Gasteiger partial charge < -0.3 is 15.4 Å². The number of halogens is 3. The van der Waals surface area contributed by atoms with Gasteiger partial charge in [-0.15, -0.1) is 0 Å². The van der Waals surface area contributed by atoms with Crippen molar-refractivity contribution < 1.29 is 22.7 Å². The molecule has 2 N–H and O–H groups in total. The number of aromatic nitrogens is 5. The first-order valence-electron chi connectivity index (χ1n) is 10.9. The molecular weight excluding hydrogens is 487 g/mol. The van der Waals surface area contributed by atoms with Crippen LogP contribution in [0.4, 0.5) is 29.3 Å². The minimum Gasteiger partial charge on any atom is -0.424 e. The lowest BCUT2D eigenvalue weighted by Gasteiger charge is -2.13. The minimum atomic E-state index is -4.52. The second kappa shape index (κ2) is 9.57. The molecule has 2 amide bonds. The van der Waals surface area contributed by atoms with E-state index in [0.29, 0.717) is 5.75 Å². The van der Waals surface area contributed by atoms with Gasteiger partial charge in [-0.3, -0.25) is 0 Å². The van der Waals surface area contributed by atoms with E-state index in [9.17, 15) is 18.0 Å². The highest BCUT2D eigenvalue weighted by atomic mass is 19.4. The Morgan fingerprint density at radius 3 is 2.41 bits per heavy atom. The summed E-state index contributed by atoms with van der Waals surface area (Å²) >= 11 is 0. The molecule has 0 atom stereocenters. The van der Waals surface area contributed by atoms with Crippen LogP contribution in [0, 0.1) is 6.92 Å². The number of fused-ring (bicyclic) bond motifs is 1. The molecule has 0 bridgehead atoms. The van der Waals surface area contributed by atoms with Gasteiger partial charge in [-0.2, -0.15) is 18.3 Å². The lowest BCUT2D eigenvalue weighted by Crippen LogP contribution is -2.20. The molecule has 12 heteroatoms. The molecule has 0 spiro atoms. The number of aryl methyl sites for hydroxylation is 1. The zero-order valence-electron chi connectivity index (χ0n) is 19.2. The van der Waals surface area contributed by atoms with Crippen LogP contribution in [0.5, 0.6) is 11.8 Å². The second-order valence-corrected chi connectivity index (χ2v) is 7.93. The molecule has 5 aromatic rings. The average molecular weight is 505 g/mol. The number of rotatable bonds is 5. The highest BCUT2D eigenvalue weighted by Gasteiger charge is 2.32. The smallest absolute Gasteiger partial charge is 0.416 e. The van der Waals surface area contributed by atoms with Crippen LogP contribution in [-0.4, -0.2) is 30.6 Å². The van der Waals surface area contributed by atoms with Crippen molar-refractivity contribution >= 4 is 23.1 Å². The quantitative estimate of drug-likeness (QED) is 0.306. The van der Waals surface area contributed by atoms with Crippen LogP contribution in [0.3, 0.4) is 0 Å². The van der Waals surface area contributed by atoms with E-state index < -0.39 is 17.8 Å². The molecule has 186 valence electrons. The summed E-state index contributed by atoms with van der Waals surface area (Å²) in [5, 5.41) is 9.11. The van der Waals surface area contributed by atoms with E-state index in [1.165, 1.54) is 31.5 Å². The maximum Gasteiger partial charge on any atom is 0.416 e. The SMILES string of the molecule is Cc1ccc(NC(=O)Nc2cnc(Oc3ccc(-c4cnn5cccnc45)cc3)nc2)cc1C(F)(F)F. The fourth-order valence-corrected chi connectivity index (χ4v) is 3.57. The maximum absolute atomic E-state index is 13.1. The number of carbonyl (C=O) groups excluding carboxylic acids is 1. The molecule has 0 aliphatic heterocycles. The molecular formula is C25H18F3N7O2. The van der Waals surface area contributed by atoms with Crippen LogP contribution in [0.1, 0.15) is 11.1 Å². The fraction of sp³-hybridized carbons (Fsp3) is 0.0800. The molecule has 0 saturated heterocycles. The number of carbonyl (C=O) groups is 1. The van der Waals surface area contributed by atoms with Gasteiger partial charge >= 0.3 is 18.2 Å². The summed E-state index contributed by atoms with van der Waals surface area (Å²) in [6.45, 7) is 1.35. The third-order valence-electron chi connectivity index (χ3n) is 5.34. The zero-order chi connectivity index (χ0) is 26.0. The van der Waals surface area contributed by atoms with Gasteiger partial charge in [0.25, 0.3) is 0 Å². The topological polar surface area (TPSA) is 106 Å². The van der Waals surface area contributed by atoms with Crippen molar-refractivity contribution in [1.29, 1.82) is 0 Å². The normalized spacial score (nSPS) is 11.4. The molecule has 5 rings (SSSR count). The van der Waals surface area contributed by atoms with E-state index in [4.69, 9.17) is 4.74 Å². The van der Waals surface area contributed by atoms with Gasteiger partial charge in [-0.1, -0.05) is 18.2 Å². The number of urea groups is 1. The Kier molecular flexibility index (Phi) is 6.14. The summed E-state index contributed by atoms with van der Waals surface area (Å²) in [5.41, 5.74) is 1.97. The van der Waals surface area contributed by atoms with E-state index in [-0.39, 0.29) is 22.9 Å². The fourth-order valence-electron chi connectivity index (χ4n) is 3.57. The molecule has 0 saturated carbocycles. The van der Waals surface area contributed by atoms with Crippen molar-refractivity contribution in [1.82, 2.24) is 24.6 Å². The maximum atomic E-state index is 13.1. The Labute approximate surface area is 208 Å². The third-order valence-corrected chi connectivity index (χ3v) is 5.34. The van der Waals surface area contributed by atoms with E-state index in [0.717, 1.165) is 22.8 Å². The van der Waals surface area contributed by atoms with Crippen molar-refractivity contribution in [3.63, 3.8) is 0 Å². The molecule has 9 nitrogen and oxygen atoms in total. The second-order valence-electron chi connectivity index (χ2n) is 7.93. The van der Waals surface area contributed by atoms with E-state index >= 15 is 0 Å². The minimum absolute atomic E-state index is 0.000328. The Bertz CT molecular complexity index is 1570. The van der Waals surface area contributed by atoms with Crippen molar-refractivity contribution in [3.8, 4) is 22.9 Å². The molecule has 0 aliphatic carbocycles. The first kappa shape index (κ1) is 23.7. The van der Waals surface area contributed by atoms with Crippen molar-refractivity contribution in [2.75, 3.05) is 10.6 Å². The first-order chi connectivity index (χ1) is 17.8. The number of nitrogens with one attached hydrogen (secondary N) is 2. The number of hydrogen-bond donors (Lipinski definition) is 2. The predicted octanol–water partition coefficient (Wildman–Crippen LogP) is 5.95. The van der Waals surface area contributed by atoms with E-state index in [2.05, 4.69) is 30.7 Å². The summed E-state index contributed by atoms with van der Waals surface area (Å²) in [6.07, 6.45) is 3.36. The van der Waals surface area contributed by atoms with Crippen LogP contribution in [0.25, 0.3) is 16.8 Å². The van der Waals surface area contributed by atoms with Gasteiger partial charge in [0.1, 0.15) is 5.75 Å². The van der Waals surface area contributed by atoms with Gasteiger partial charge in [0.2, 0.25) is 0 Å². The standard InChI is InChI=1S/C25H18F3N7O2/c1-15-3-6-17(11-21(15)25(26,27)28)33-23(36)34-18-12-30-24(31-13-18)37-19-7-4-16(5-8-19)20-14-32-35-10-2-9-29-22(20)35/h2-14H,1H3,(H2,33,34,36). The summed E-state index contributed by atoms with van der Waals surface area (Å²) in [5.74, 6) is 0.492. The van der Waals surface area contributed by atoms with Crippen LogP contribution < -0.4 is 15.4 Å². The lowest BCUT2D eigenvalue weighted by molar-refractivity contribution is -0.138. The number of amides is 2. The summed E-state index contributed by atoms with van der Waals surface area (Å²) in [7, 11) is 0. The van der Waals surface area contributed by atoms with Crippen LogP contribution >= 0.6 is 0 Å². The molecule has 0 unspecified atom stereocenters. The molecule has 3 aromatic heterocycles. The molecule has 0 radical (unpaired) electrons. The van der Waals surface area contributed by atoms with Crippen LogP contribution in [-0.2, 0) is 6.18 Å². The van der Waals surface area contributed by atoms with Gasteiger partial charge in [-0.05, 0) is 48.4 Å². The largest absolute Gasteiger partial charge is 0.424 e. The van der Waals surface area contributed by atoms with Gasteiger partial charge in [0.15, 0.2) is 5.65 Å². The van der Waals surface area contributed by atoms with Gasteiger partial charge in [0.05, 0.1) is 29.8 Å². The first-order valence-corrected chi connectivity index (χ1v) is 10.9. The van der Waals surface area contributed by atoms with Crippen LogP contribution in [0.2, 0.25) is 0 Å². The summed E-state index contributed by atoms with van der Waals surface area (Å²) < 4.78 is 46.6. The Morgan fingerprint density at radius 1 is 0.946 bits per heavy atom.